The number of anilines is 1. The molecule has 39 heavy (non-hydrogen) atoms. The van der Waals surface area contributed by atoms with Crippen LogP contribution >= 0.6 is 11.8 Å². The van der Waals surface area contributed by atoms with Crippen LogP contribution in [0.25, 0.3) is 6.08 Å². The number of carboxylic acid groups (broad SMARTS) is 2. The number of rotatable bonds is 19. The zero-order valence-corrected chi connectivity index (χ0v) is 23.5. The maximum absolute atomic E-state index is 11.8. The van der Waals surface area contributed by atoms with Crippen LogP contribution in [0.5, 0.6) is 0 Å². The number of aliphatic hydroxyl groups is 1. The van der Waals surface area contributed by atoms with Crippen LogP contribution in [0.2, 0.25) is 0 Å². The lowest BCUT2D eigenvalue weighted by Crippen LogP contribution is -2.21. The molecular weight excluding hydrogens is 514 g/mol. The third-order valence-corrected chi connectivity index (χ3v) is 7.52. The van der Waals surface area contributed by atoms with E-state index < -0.39 is 30.4 Å². The van der Waals surface area contributed by atoms with Crippen molar-refractivity contribution in [3.63, 3.8) is 0 Å². The Bertz CT molecular complexity index is 1070. The van der Waals surface area contributed by atoms with Crippen molar-refractivity contribution in [3.05, 3.63) is 65.7 Å². The number of amides is 1. The van der Waals surface area contributed by atoms with Gasteiger partial charge in [0, 0.05) is 17.0 Å². The van der Waals surface area contributed by atoms with E-state index >= 15 is 0 Å². The molecule has 0 aliphatic heterocycles. The molecule has 2 aromatic rings. The number of benzene rings is 2. The van der Waals surface area contributed by atoms with Crippen molar-refractivity contribution in [3.8, 4) is 0 Å². The van der Waals surface area contributed by atoms with Gasteiger partial charge in [0.15, 0.2) is 0 Å². The summed E-state index contributed by atoms with van der Waals surface area (Å²) in [6.07, 6.45) is 11.9. The number of hydrogen-bond acceptors (Lipinski definition) is 5. The van der Waals surface area contributed by atoms with Gasteiger partial charge >= 0.3 is 11.9 Å². The van der Waals surface area contributed by atoms with Gasteiger partial charge < -0.3 is 20.6 Å². The quantitative estimate of drug-likeness (QED) is 0.0854. The molecule has 2 atom stereocenters. The second-order valence-corrected chi connectivity index (χ2v) is 11.0. The fourth-order valence-electron chi connectivity index (χ4n) is 4.13. The standard InChI is InChI=1S/C31H41NO6S/c1-2-3-4-5-6-7-10-23-15-17-24(18-16-23)19-20-28(27(33)13-9-14-30(35)36)39-26-12-8-11-25(21-26)32-29(34)22-31(37)38/h8,11-12,15-21,27-28,33H,2-7,9-10,13-14,22H2,1H3,(H,32,34)(H,35,36)(H,37,38)/t27-,28+/m1/s1. The van der Waals surface area contributed by atoms with Gasteiger partial charge in [0.05, 0.1) is 11.4 Å². The third-order valence-electron chi connectivity index (χ3n) is 6.25. The van der Waals surface area contributed by atoms with E-state index in [9.17, 15) is 19.5 Å². The van der Waals surface area contributed by atoms with Crippen molar-refractivity contribution in [1.29, 1.82) is 0 Å². The van der Waals surface area contributed by atoms with Gasteiger partial charge in [0.25, 0.3) is 0 Å². The Morgan fingerprint density at radius 3 is 2.33 bits per heavy atom. The predicted molar refractivity (Wildman–Crippen MR) is 157 cm³/mol. The highest BCUT2D eigenvalue weighted by Crippen LogP contribution is 2.31. The summed E-state index contributed by atoms with van der Waals surface area (Å²) < 4.78 is 0. The molecule has 0 unspecified atom stereocenters. The average molecular weight is 556 g/mol. The number of hydrogen-bond donors (Lipinski definition) is 4. The van der Waals surface area contributed by atoms with E-state index in [4.69, 9.17) is 10.2 Å². The fourth-order valence-corrected chi connectivity index (χ4v) is 5.25. The molecule has 7 nitrogen and oxygen atoms in total. The van der Waals surface area contributed by atoms with E-state index in [1.54, 1.807) is 18.2 Å². The van der Waals surface area contributed by atoms with Gasteiger partial charge in [-0.3, -0.25) is 14.4 Å². The summed E-state index contributed by atoms with van der Waals surface area (Å²) in [4.78, 5) is 34.3. The molecule has 0 heterocycles. The van der Waals surface area contributed by atoms with Gasteiger partial charge in [0.1, 0.15) is 6.42 Å². The summed E-state index contributed by atoms with van der Waals surface area (Å²) in [6, 6.07) is 15.4. The summed E-state index contributed by atoms with van der Waals surface area (Å²) in [5.74, 6) is -2.72. The molecule has 212 valence electrons. The normalized spacial score (nSPS) is 12.8. The topological polar surface area (TPSA) is 124 Å². The number of carboxylic acids is 2. The third kappa shape index (κ3) is 14.0. The maximum Gasteiger partial charge on any atom is 0.312 e. The molecule has 1 amide bonds. The Hall–Kier alpha value is -3.10. The minimum atomic E-state index is -1.21. The Morgan fingerprint density at radius 1 is 0.923 bits per heavy atom. The smallest absolute Gasteiger partial charge is 0.312 e. The van der Waals surface area contributed by atoms with Crippen LogP contribution in [0.3, 0.4) is 0 Å². The van der Waals surface area contributed by atoms with E-state index in [2.05, 4.69) is 36.5 Å². The number of aliphatic hydroxyl groups excluding tert-OH is 1. The van der Waals surface area contributed by atoms with Crippen molar-refractivity contribution >= 4 is 41.4 Å². The van der Waals surface area contributed by atoms with Crippen LogP contribution < -0.4 is 5.32 Å². The highest BCUT2D eigenvalue weighted by Gasteiger charge is 2.19. The van der Waals surface area contributed by atoms with E-state index in [1.165, 1.54) is 55.9 Å². The summed E-state index contributed by atoms with van der Waals surface area (Å²) in [7, 11) is 0. The molecule has 0 saturated heterocycles. The molecule has 0 saturated carbocycles. The van der Waals surface area contributed by atoms with Gasteiger partial charge in [-0.2, -0.15) is 0 Å². The molecule has 4 N–H and O–H groups in total. The van der Waals surface area contributed by atoms with Gasteiger partial charge in [-0.05, 0) is 55.0 Å². The number of thioether (sulfide) groups is 1. The number of carbonyl (C=O) groups excluding carboxylic acids is 1. The molecule has 0 aliphatic rings. The summed E-state index contributed by atoms with van der Waals surface area (Å²) >= 11 is 1.40. The largest absolute Gasteiger partial charge is 0.481 e. The average Bonchev–Trinajstić information content (AvgIpc) is 2.88. The first kappa shape index (κ1) is 32.1. The first-order valence-corrected chi connectivity index (χ1v) is 14.6. The van der Waals surface area contributed by atoms with Crippen LogP contribution in [0.1, 0.15) is 82.3 Å². The van der Waals surface area contributed by atoms with E-state index in [0.29, 0.717) is 18.5 Å². The van der Waals surface area contributed by atoms with Gasteiger partial charge in [-0.25, -0.2) is 0 Å². The molecule has 2 rings (SSSR count). The lowest BCUT2D eigenvalue weighted by molar-refractivity contribution is -0.140. The van der Waals surface area contributed by atoms with Crippen LogP contribution in [0.15, 0.2) is 59.5 Å². The first-order chi connectivity index (χ1) is 18.8. The van der Waals surface area contributed by atoms with Crippen molar-refractivity contribution < 1.29 is 29.7 Å². The second-order valence-electron chi connectivity index (χ2n) is 9.70. The highest BCUT2D eigenvalue weighted by molar-refractivity contribution is 8.00. The summed E-state index contributed by atoms with van der Waals surface area (Å²) in [5, 5.41) is 30.9. The number of carbonyl (C=O) groups is 3. The minimum absolute atomic E-state index is 0.0106. The van der Waals surface area contributed by atoms with Crippen molar-refractivity contribution in [1.82, 2.24) is 0 Å². The van der Waals surface area contributed by atoms with Gasteiger partial charge in [-0.15, -0.1) is 11.8 Å². The zero-order valence-electron chi connectivity index (χ0n) is 22.7. The van der Waals surface area contributed by atoms with Crippen LogP contribution in [0, 0.1) is 0 Å². The number of nitrogens with one attached hydrogen (secondary N) is 1. The van der Waals surface area contributed by atoms with Crippen LogP contribution in [0.4, 0.5) is 5.69 Å². The molecule has 0 aliphatic carbocycles. The summed E-state index contributed by atoms with van der Waals surface area (Å²) in [5.41, 5.74) is 2.79. The molecule has 0 spiro atoms. The Kier molecular flexibility index (Phi) is 15.0. The molecular formula is C31H41NO6S. The molecule has 0 bridgehead atoms. The Labute approximate surface area is 235 Å². The van der Waals surface area contributed by atoms with E-state index in [0.717, 1.165) is 16.9 Å². The molecule has 0 aromatic heterocycles. The molecule has 0 radical (unpaired) electrons. The predicted octanol–water partition coefficient (Wildman–Crippen LogP) is 6.79. The zero-order chi connectivity index (χ0) is 28.5. The highest BCUT2D eigenvalue weighted by atomic mass is 32.2. The Balaban J connectivity index is 2.05. The summed E-state index contributed by atoms with van der Waals surface area (Å²) in [6.45, 7) is 2.22. The SMILES string of the molecule is CCCCCCCCc1ccc(C=C[C@H](Sc2cccc(NC(=O)CC(=O)O)c2)[C@H](O)CCCC(=O)O)cc1. The van der Waals surface area contributed by atoms with Gasteiger partial charge in [-0.1, -0.05) is 81.5 Å². The lowest BCUT2D eigenvalue weighted by Gasteiger charge is -2.20. The molecule has 2 aromatic carbocycles. The van der Waals surface area contributed by atoms with E-state index in [-0.39, 0.29) is 11.7 Å². The molecule has 0 fully saturated rings. The number of aryl methyl sites for hydroxylation is 1. The maximum atomic E-state index is 11.8. The Morgan fingerprint density at radius 2 is 1.64 bits per heavy atom. The van der Waals surface area contributed by atoms with E-state index in [1.807, 2.05) is 18.2 Å². The van der Waals surface area contributed by atoms with Crippen LogP contribution in [-0.4, -0.2) is 44.5 Å². The monoisotopic (exact) mass is 555 g/mol. The fraction of sp³-hybridized carbons (Fsp3) is 0.452. The first-order valence-electron chi connectivity index (χ1n) is 13.7. The van der Waals surface area contributed by atoms with Crippen molar-refractivity contribution in [2.24, 2.45) is 0 Å². The number of unbranched alkanes of at least 4 members (excludes halogenated alkanes) is 5. The van der Waals surface area contributed by atoms with Crippen molar-refractivity contribution in [2.75, 3.05) is 5.32 Å². The molecule has 8 heteroatoms. The second kappa shape index (κ2) is 18.2. The van der Waals surface area contributed by atoms with Gasteiger partial charge in [0.2, 0.25) is 5.91 Å². The van der Waals surface area contributed by atoms with Crippen molar-refractivity contribution in [2.45, 2.75) is 93.8 Å². The lowest BCUT2D eigenvalue weighted by atomic mass is 10.0. The minimum Gasteiger partial charge on any atom is -0.481 e. The number of aliphatic carboxylic acids is 2. The van der Waals surface area contributed by atoms with Crippen LogP contribution in [-0.2, 0) is 20.8 Å².